The zero-order valence-corrected chi connectivity index (χ0v) is 17.1. The molecule has 0 bridgehead atoms. The Morgan fingerprint density at radius 2 is 1.64 bits per heavy atom. The summed E-state index contributed by atoms with van der Waals surface area (Å²) in [6, 6.07) is 14.3. The predicted molar refractivity (Wildman–Crippen MR) is 112 cm³/mol. The van der Waals surface area contributed by atoms with E-state index in [4.69, 9.17) is 0 Å². The zero-order valence-electron chi connectivity index (χ0n) is 16.3. The Kier molecular flexibility index (Phi) is 5.60. The van der Waals surface area contributed by atoms with E-state index in [-0.39, 0.29) is 10.9 Å². The third-order valence-electron chi connectivity index (χ3n) is 3.81. The summed E-state index contributed by atoms with van der Waals surface area (Å²) < 4.78 is 23.6. The molecule has 0 fully saturated rings. The van der Waals surface area contributed by atoms with Gasteiger partial charge in [0.25, 0.3) is 0 Å². The van der Waals surface area contributed by atoms with Gasteiger partial charge in [0, 0.05) is 29.7 Å². The van der Waals surface area contributed by atoms with E-state index in [1.165, 1.54) is 6.26 Å². The van der Waals surface area contributed by atoms with E-state index in [1.54, 1.807) is 30.3 Å². The van der Waals surface area contributed by atoms with Gasteiger partial charge < -0.3 is 10.6 Å². The zero-order chi connectivity index (χ0) is 20.3. The van der Waals surface area contributed by atoms with Crippen molar-refractivity contribution in [2.75, 3.05) is 16.9 Å². The minimum atomic E-state index is -3.29. The Balaban J connectivity index is 2.01. The van der Waals surface area contributed by atoms with E-state index < -0.39 is 9.84 Å². The van der Waals surface area contributed by atoms with Gasteiger partial charge in [-0.2, -0.15) is 0 Å². The molecule has 0 saturated carbocycles. The number of sulfone groups is 1. The summed E-state index contributed by atoms with van der Waals surface area (Å²) in [5.41, 5.74) is 2.17. The standard InChI is InChI=1S/C20H23N5O2S/c1-13(2)21-18-12-19(23-15-8-6-9-16(11-15)28(4,26)27)25-20(24-18)17-10-5-7-14(3)22-17/h5-13H,1-4H3,(H2,21,23,24,25). The Morgan fingerprint density at radius 1 is 0.929 bits per heavy atom. The normalized spacial score (nSPS) is 11.5. The highest BCUT2D eigenvalue weighted by Gasteiger charge is 2.11. The number of pyridine rings is 1. The van der Waals surface area contributed by atoms with Crippen molar-refractivity contribution >= 4 is 27.2 Å². The number of benzene rings is 1. The summed E-state index contributed by atoms with van der Waals surface area (Å²) in [5.74, 6) is 1.68. The van der Waals surface area contributed by atoms with Gasteiger partial charge in [-0.3, -0.25) is 0 Å². The van der Waals surface area contributed by atoms with Gasteiger partial charge in [0.2, 0.25) is 0 Å². The van der Waals surface area contributed by atoms with Crippen molar-refractivity contribution in [2.24, 2.45) is 0 Å². The number of hydrogen-bond acceptors (Lipinski definition) is 7. The van der Waals surface area contributed by atoms with Crippen molar-refractivity contribution in [2.45, 2.75) is 31.7 Å². The molecule has 7 nitrogen and oxygen atoms in total. The first-order valence-electron chi connectivity index (χ1n) is 8.87. The minimum Gasteiger partial charge on any atom is -0.368 e. The summed E-state index contributed by atoms with van der Waals surface area (Å²) in [5, 5.41) is 6.45. The molecule has 1 aromatic carbocycles. The SMILES string of the molecule is Cc1cccc(-c2nc(Nc3cccc(S(C)(=O)=O)c3)cc(NC(C)C)n2)n1. The average Bonchev–Trinajstić information content (AvgIpc) is 2.60. The monoisotopic (exact) mass is 397 g/mol. The van der Waals surface area contributed by atoms with Crippen molar-refractivity contribution in [1.29, 1.82) is 0 Å². The molecule has 0 radical (unpaired) electrons. The number of anilines is 3. The fraction of sp³-hybridized carbons (Fsp3) is 0.250. The second kappa shape index (κ2) is 7.93. The van der Waals surface area contributed by atoms with Crippen molar-refractivity contribution in [3.63, 3.8) is 0 Å². The molecule has 3 rings (SSSR count). The van der Waals surface area contributed by atoms with Crippen LogP contribution in [0.4, 0.5) is 17.3 Å². The van der Waals surface area contributed by atoms with E-state index in [0.717, 1.165) is 5.69 Å². The number of nitrogens with one attached hydrogen (secondary N) is 2. The molecule has 2 N–H and O–H groups in total. The van der Waals surface area contributed by atoms with E-state index in [1.807, 2.05) is 39.0 Å². The molecule has 0 aliphatic rings. The maximum Gasteiger partial charge on any atom is 0.182 e. The molecule has 0 saturated heterocycles. The van der Waals surface area contributed by atoms with E-state index in [0.29, 0.717) is 28.8 Å². The largest absolute Gasteiger partial charge is 0.368 e. The summed E-state index contributed by atoms with van der Waals surface area (Å²) in [4.78, 5) is 13.9. The molecule has 146 valence electrons. The molecule has 28 heavy (non-hydrogen) atoms. The van der Waals surface area contributed by atoms with Crippen LogP contribution in [0.1, 0.15) is 19.5 Å². The van der Waals surface area contributed by atoms with Crippen molar-refractivity contribution in [1.82, 2.24) is 15.0 Å². The van der Waals surface area contributed by atoms with Crippen LogP contribution in [0, 0.1) is 6.92 Å². The molecule has 8 heteroatoms. The lowest BCUT2D eigenvalue weighted by Crippen LogP contribution is -2.12. The highest BCUT2D eigenvalue weighted by molar-refractivity contribution is 7.90. The van der Waals surface area contributed by atoms with Gasteiger partial charge in [0.1, 0.15) is 17.3 Å². The highest BCUT2D eigenvalue weighted by Crippen LogP contribution is 2.24. The quantitative estimate of drug-likeness (QED) is 0.653. The minimum absolute atomic E-state index is 0.189. The molecular weight excluding hydrogens is 374 g/mol. The van der Waals surface area contributed by atoms with Crippen molar-refractivity contribution in [3.8, 4) is 11.5 Å². The molecular formula is C20H23N5O2S. The van der Waals surface area contributed by atoms with Crippen molar-refractivity contribution < 1.29 is 8.42 Å². The summed E-state index contributed by atoms with van der Waals surface area (Å²) in [6.07, 6.45) is 1.18. The van der Waals surface area contributed by atoms with Crippen LogP contribution in [0.3, 0.4) is 0 Å². The third kappa shape index (κ3) is 5.04. The molecule has 3 aromatic rings. The van der Waals surface area contributed by atoms with Gasteiger partial charge in [-0.25, -0.2) is 23.4 Å². The summed E-state index contributed by atoms with van der Waals surface area (Å²) >= 11 is 0. The molecule has 0 unspecified atom stereocenters. The Labute approximate surface area is 165 Å². The lowest BCUT2D eigenvalue weighted by atomic mass is 10.3. The maximum absolute atomic E-state index is 11.8. The number of hydrogen-bond donors (Lipinski definition) is 2. The second-order valence-corrected chi connectivity index (χ2v) is 8.87. The summed E-state index contributed by atoms with van der Waals surface area (Å²) in [6.45, 7) is 5.96. The fourth-order valence-electron chi connectivity index (χ4n) is 2.62. The number of aryl methyl sites for hydroxylation is 1. The van der Waals surface area contributed by atoms with E-state index in [9.17, 15) is 8.42 Å². The first-order valence-corrected chi connectivity index (χ1v) is 10.8. The van der Waals surface area contributed by atoms with Gasteiger partial charge >= 0.3 is 0 Å². The number of nitrogens with zero attached hydrogens (tertiary/aromatic N) is 3. The topological polar surface area (TPSA) is 96.9 Å². The first kappa shape index (κ1) is 19.8. The van der Waals surface area contributed by atoms with Crippen LogP contribution in [0.2, 0.25) is 0 Å². The Bertz CT molecular complexity index is 1100. The van der Waals surface area contributed by atoms with Gasteiger partial charge in [-0.15, -0.1) is 0 Å². The van der Waals surface area contributed by atoms with Gasteiger partial charge in [0.15, 0.2) is 15.7 Å². The molecule has 0 spiro atoms. The van der Waals surface area contributed by atoms with Crippen LogP contribution in [-0.2, 0) is 9.84 Å². The second-order valence-electron chi connectivity index (χ2n) is 6.85. The van der Waals surface area contributed by atoms with E-state index >= 15 is 0 Å². The predicted octanol–water partition coefficient (Wildman–Crippen LogP) is 3.81. The summed E-state index contributed by atoms with van der Waals surface area (Å²) in [7, 11) is -3.29. The molecule has 2 heterocycles. The van der Waals surface area contributed by atoms with Crippen LogP contribution < -0.4 is 10.6 Å². The van der Waals surface area contributed by atoms with Gasteiger partial charge in [-0.1, -0.05) is 12.1 Å². The molecule has 0 aliphatic carbocycles. The number of aromatic nitrogens is 3. The third-order valence-corrected chi connectivity index (χ3v) is 4.92. The van der Waals surface area contributed by atoms with Gasteiger partial charge in [-0.05, 0) is 51.1 Å². The van der Waals surface area contributed by atoms with Crippen LogP contribution >= 0.6 is 0 Å². The van der Waals surface area contributed by atoms with Crippen LogP contribution in [0.15, 0.2) is 53.4 Å². The van der Waals surface area contributed by atoms with Crippen molar-refractivity contribution in [3.05, 3.63) is 54.2 Å². The number of rotatable bonds is 6. The molecule has 0 atom stereocenters. The lowest BCUT2D eigenvalue weighted by molar-refractivity contribution is 0.602. The molecule has 0 amide bonds. The maximum atomic E-state index is 11.8. The smallest absolute Gasteiger partial charge is 0.182 e. The van der Waals surface area contributed by atoms with Gasteiger partial charge in [0.05, 0.1) is 4.90 Å². The Hall–Kier alpha value is -3.00. The lowest BCUT2D eigenvalue weighted by Gasteiger charge is -2.13. The fourth-order valence-corrected chi connectivity index (χ4v) is 3.28. The molecule has 0 aliphatic heterocycles. The Morgan fingerprint density at radius 3 is 2.32 bits per heavy atom. The van der Waals surface area contributed by atoms with Crippen LogP contribution in [0.25, 0.3) is 11.5 Å². The van der Waals surface area contributed by atoms with E-state index in [2.05, 4.69) is 25.6 Å². The molecule has 2 aromatic heterocycles. The average molecular weight is 398 g/mol. The highest BCUT2D eigenvalue weighted by atomic mass is 32.2. The van der Waals surface area contributed by atoms with Crippen LogP contribution in [-0.4, -0.2) is 35.7 Å². The first-order chi connectivity index (χ1) is 13.2. The van der Waals surface area contributed by atoms with Crippen LogP contribution in [0.5, 0.6) is 0 Å².